The molecule has 102 valence electrons. The molecule has 0 amide bonds. The van der Waals surface area contributed by atoms with Gasteiger partial charge < -0.3 is 14.0 Å². The van der Waals surface area contributed by atoms with E-state index in [0.29, 0.717) is 25.5 Å². The molecule has 1 atom stereocenters. The van der Waals surface area contributed by atoms with Crippen molar-refractivity contribution in [2.45, 2.75) is 46.8 Å². The van der Waals surface area contributed by atoms with Crippen molar-refractivity contribution in [2.24, 2.45) is 0 Å². The first-order chi connectivity index (χ1) is 8.63. The van der Waals surface area contributed by atoms with E-state index in [1.54, 1.807) is 0 Å². The van der Waals surface area contributed by atoms with Gasteiger partial charge in [-0.1, -0.05) is 6.92 Å². The summed E-state index contributed by atoms with van der Waals surface area (Å²) in [6, 6.07) is 1.94. The molecule has 0 N–H and O–H groups in total. The molecule has 0 aliphatic carbocycles. The Morgan fingerprint density at radius 1 is 1.33 bits per heavy atom. The Kier molecular flexibility index (Phi) is 5.92. The summed E-state index contributed by atoms with van der Waals surface area (Å²) in [7, 11) is 0. The second-order valence-electron chi connectivity index (χ2n) is 4.21. The minimum atomic E-state index is -0.258. The number of aryl methyl sites for hydroxylation is 1. The summed E-state index contributed by atoms with van der Waals surface area (Å²) in [6.45, 7) is 9.57. The van der Waals surface area contributed by atoms with E-state index in [4.69, 9.17) is 9.47 Å². The summed E-state index contributed by atoms with van der Waals surface area (Å²) < 4.78 is 12.6. The Balaban J connectivity index is 2.85. The summed E-state index contributed by atoms with van der Waals surface area (Å²) in [4.78, 5) is 11.9. The minimum Gasteiger partial charge on any atom is -0.461 e. The summed E-state index contributed by atoms with van der Waals surface area (Å²) in [5.74, 6) is -0.258. The Morgan fingerprint density at radius 2 is 2.06 bits per heavy atom. The fourth-order valence-corrected chi connectivity index (χ4v) is 1.97. The van der Waals surface area contributed by atoms with Gasteiger partial charge >= 0.3 is 5.97 Å². The molecule has 0 aliphatic heterocycles. The van der Waals surface area contributed by atoms with E-state index in [1.807, 2.05) is 37.6 Å². The van der Waals surface area contributed by atoms with E-state index >= 15 is 0 Å². The second-order valence-corrected chi connectivity index (χ2v) is 4.21. The van der Waals surface area contributed by atoms with Crippen LogP contribution in [0, 0.1) is 6.92 Å². The third-order valence-corrected chi connectivity index (χ3v) is 2.89. The quantitative estimate of drug-likeness (QED) is 0.702. The van der Waals surface area contributed by atoms with Crippen LogP contribution in [0.2, 0.25) is 0 Å². The Hall–Kier alpha value is -1.29. The number of ether oxygens (including phenoxy) is 2. The first kappa shape index (κ1) is 14.8. The fraction of sp³-hybridized carbons (Fsp3) is 0.643. The predicted molar refractivity (Wildman–Crippen MR) is 70.8 cm³/mol. The van der Waals surface area contributed by atoms with Gasteiger partial charge in [-0.2, -0.15) is 0 Å². The van der Waals surface area contributed by atoms with Crippen molar-refractivity contribution >= 4 is 5.97 Å². The van der Waals surface area contributed by atoms with Crippen LogP contribution in [0.3, 0.4) is 0 Å². The Morgan fingerprint density at radius 3 is 2.61 bits per heavy atom. The summed E-state index contributed by atoms with van der Waals surface area (Å²) in [5, 5.41) is 0. The zero-order valence-electron chi connectivity index (χ0n) is 11.7. The highest BCUT2D eigenvalue weighted by molar-refractivity contribution is 5.89. The van der Waals surface area contributed by atoms with Crippen LogP contribution in [0.15, 0.2) is 12.3 Å². The van der Waals surface area contributed by atoms with Gasteiger partial charge in [0.25, 0.3) is 0 Å². The van der Waals surface area contributed by atoms with Crippen molar-refractivity contribution in [2.75, 3.05) is 13.2 Å². The van der Waals surface area contributed by atoms with Gasteiger partial charge in [-0.15, -0.1) is 0 Å². The van der Waals surface area contributed by atoms with Gasteiger partial charge in [-0.25, -0.2) is 4.79 Å². The molecule has 0 spiro atoms. The van der Waals surface area contributed by atoms with Crippen molar-refractivity contribution in [1.82, 2.24) is 4.57 Å². The lowest BCUT2D eigenvalue weighted by molar-refractivity contribution is 0.0426. The highest BCUT2D eigenvalue weighted by atomic mass is 16.5. The van der Waals surface area contributed by atoms with E-state index in [-0.39, 0.29) is 12.1 Å². The lowest BCUT2D eigenvalue weighted by atomic mass is 10.2. The number of carbonyl (C=O) groups excluding carboxylic acids is 1. The Labute approximate surface area is 109 Å². The molecule has 0 bridgehead atoms. The maximum atomic E-state index is 11.9. The van der Waals surface area contributed by atoms with E-state index in [1.165, 1.54) is 0 Å². The van der Waals surface area contributed by atoms with Crippen LogP contribution in [-0.4, -0.2) is 29.9 Å². The number of hydrogen-bond donors (Lipinski definition) is 0. The van der Waals surface area contributed by atoms with Crippen LogP contribution >= 0.6 is 0 Å². The molecule has 1 rings (SSSR count). The zero-order chi connectivity index (χ0) is 13.5. The largest absolute Gasteiger partial charge is 0.461 e. The van der Waals surface area contributed by atoms with E-state index in [0.717, 1.165) is 12.0 Å². The van der Waals surface area contributed by atoms with Crippen molar-refractivity contribution in [3.63, 3.8) is 0 Å². The first-order valence-corrected chi connectivity index (χ1v) is 6.58. The smallest absolute Gasteiger partial charge is 0.355 e. The second kappa shape index (κ2) is 7.21. The van der Waals surface area contributed by atoms with Gasteiger partial charge in [-0.3, -0.25) is 0 Å². The number of nitrogens with zero attached hydrogens (tertiary/aromatic N) is 1. The summed E-state index contributed by atoms with van der Waals surface area (Å²) in [5.41, 5.74) is 1.58. The van der Waals surface area contributed by atoms with E-state index < -0.39 is 0 Å². The molecule has 0 radical (unpaired) electrons. The van der Waals surface area contributed by atoms with Crippen LogP contribution < -0.4 is 0 Å². The Bertz CT molecular complexity index is 384. The number of esters is 1. The van der Waals surface area contributed by atoms with Crippen molar-refractivity contribution < 1.29 is 14.3 Å². The molecule has 0 aliphatic rings. The van der Waals surface area contributed by atoms with Crippen LogP contribution in [0.25, 0.3) is 0 Å². The normalized spacial score (nSPS) is 12.4. The van der Waals surface area contributed by atoms with E-state index in [9.17, 15) is 4.79 Å². The lowest BCUT2D eigenvalue weighted by Gasteiger charge is -2.17. The summed E-state index contributed by atoms with van der Waals surface area (Å²) >= 11 is 0. The third-order valence-electron chi connectivity index (χ3n) is 2.89. The lowest BCUT2D eigenvalue weighted by Crippen LogP contribution is -2.22. The highest BCUT2D eigenvalue weighted by Gasteiger charge is 2.18. The minimum absolute atomic E-state index is 0.134. The first-order valence-electron chi connectivity index (χ1n) is 6.58. The molecule has 1 heterocycles. The summed E-state index contributed by atoms with van der Waals surface area (Å²) in [6.07, 6.45) is 2.98. The SMILES string of the molecule is CCOC(=O)c1c(C)ccn1CC(CC)OCC. The van der Waals surface area contributed by atoms with Crippen LogP contribution in [-0.2, 0) is 16.0 Å². The number of hydrogen-bond acceptors (Lipinski definition) is 3. The molecule has 0 fully saturated rings. The van der Waals surface area contributed by atoms with Crippen LogP contribution in [0.1, 0.15) is 43.2 Å². The highest BCUT2D eigenvalue weighted by Crippen LogP contribution is 2.14. The monoisotopic (exact) mass is 253 g/mol. The van der Waals surface area contributed by atoms with Crippen LogP contribution in [0.5, 0.6) is 0 Å². The standard InChI is InChI=1S/C14H23NO3/c1-5-12(17-6-2)10-15-9-8-11(4)13(15)14(16)18-7-3/h8-9,12H,5-7,10H2,1-4H3. The van der Waals surface area contributed by atoms with Crippen molar-refractivity contribution in [3.8, 4) is 0 Å². The molecule has 0 saturated carbocycles. The van der Waals surface area contributed by atoms with Gasteiger partial charge in [0.2, 0.25) is 0 Å². The van der Waals surface area contributed by atoms with E-state index in [2.05, 4.69) is 6.92 Å². The average Bonchev–Trinajstić information content (AvgIpc) is 2.70. The average molecular weight is 253 g/mol. The van der Waals surface area contributed by atoms with Gasteiger partial charge in [0.15, 0.2) is 0 Å². The number of carbonyl (C=O) groups is 1. The molecule has 4 nitrogen and oxygen atoms in total. The predicted octanol–water partition coefficient (Wildman–Crippen LogP) is 2.79. The van der Waals surface area contributed by atoms with Crippen molar-refractivity contribution in [3.05, 3.63) is 23.5 Å². The maximum Gasteiger partial charge on any atom is 0.355 e. The molecular weight excluding hydrogens is 230 g/mol. The van der Waals surface area contributed by atoms with Gasteiger partial charge in [0, 0.05) is 19.3 Å². The topological polar surface area (TPSA) is 40.5 Å². The molecule has 0 saturated heterocycles. The van der Waals surface area contributed by atoms with Crippen LogP contribution in [0.4, 0.5) is 0 Å². The molecule has 4 heteroatoms. The maximum absolute atomic E-state index is 11.9. The van der Waals surface area contributed by atoms with Gasteiger partial charge in [-0.05, 0) is 38.8 Å². The molecule has 1 aromatic heterocycles. The fourth-order valence-electron chi connectivity index (χ4n) is 1.97. The van der Waals surface area contributed by atoms with Crippen molar-refractivity contribution in [1.29, 1.82) is 0 Å². The third kappa shape index (κ3) is 3.60. The van der Waals surface area contributed by atoms with Gasteiger partial charge in [0.05, 0.1) is 12.7 Å². The molecule has 18 heavy (non-hydrogen) atoms. The number of aromatic nitrogens is 1. The molecular formula is C14H23NO3. The van der Waals surface area contributed by atoms with Gasteiger partial charge in [0.1, 0.15) is 5.69 Å². The molecule has 0 aromatic carbocycles. The molecule has 1 unspecified atom stereocenters. The number of rotatable bonds is 7. The molecule has 1 aromatic rings. The zero-order valence-corrected chi connectivity index (χ0v) is 11.7.